The van der Waals surface area contributed by atoms with E-state index in [-0.39, 0.29) is 42.3 Å². The van der Waals surface area contributed by atoms with E-state index in [1.165, 1.54) is 28.6 Å². The van der Waals surface area contributed by atoms with Gasteiger partial charge in [-0.2, -0.15) is 0 Å². The van der Waals surface area contributed by atoms with Crippen molar-refractivity contribution in [2.45, 2.75) is 42.8 Å². The molecule has 6 nitrogen and oxygen atoms in total. The van der Waals surface area contributed by atoms with Crippen molar-refractivity contribution in [2.75, 3.05) is 25.4 Å². The zero-order chi connectivity index (χ0) is 25.6. The Balaban J connectivity index is 1.93. The van der Waals surface area contributed by atoms with Crippen molar-refractivity contribution in [3.63, 3.8) is 0 Å². The topological polar surface area (TPSA) is 80.8 Å². The fraction of sp³-hybridized carbons (Fsp3) is 0.500. The number of sulfonamides is 1. The molecule has 0 aromatic heterocycles. The second-order valence-electron chi connectivity index (χ2n) is 9.00. The number of ether oxygens (including phenoxy) is 1. The molecule has 1 aliphatic carbocycles. The summed E-state index contributed by atoms with van der Waals surface area (Å²) in [4.78, 5) is -0.0578. The van der Waals surface area contributed by atoms with E-state index in [4.69, 9.17) is 16.3 Å². The van der Waals surface area contributed by atoms with Gasteiger partial charge in [-0.1, -0.05) is 24.9 Å². The zero-order valence-corrected chi connectivity index (χ0v) is 21.9. The Hall–Kier alpha value is -1.75. The Bertz CT molecular complexity index is 1320. The maximum atomic E-state index is 15.4. The Labute approximate surface area is 210 Å². The lowest BCUT2D eigenvalue weighted by Crippen LogP contribution is -2.56. The number of halogens is 3. The van der Waals surface area contributed by atoms with Crippen LogP contribution < -0.4 is 4.74 Å². The second kappa shape index (κ2) is 9.61. The Kier molecular flexibility index (Phi) is 7.23. The van der Waals surface area contributed by atoms with E-state index in [1.54, 1.807) is 13.8 Å². The van der Waals surface area contributed by atoms with Gasteiger partial charge in [0.2, 0.25) is 10.0 Å². The molecular weight excluding hydrogens is 520 g/mol. The fourth-order valence-electron chi connectivity index (χ4n) is 5.61. The summed E-state index contributed by atoms with van der Waals surface area (Å²) < 4.78 is 89.3. The first-order valence-corrected chi connectivity index (χ1v) is 15.1. The number of fused-ring (bicyclic) bond motifs is 3. The third kappa shape index (κ3) is 4.26. The molecule has 0 unspecified atom stereocenters. The van der Waals surface area contributed by atoms with Crippen LogP contribution in [-0.2, 0) is 24.6 Å². The van der Waals surface area contributed by atoms with Gasteiger partial charge in [0.25, 0.3) is 0 Å². The Morgan fingerprint density at radius 2 is 1.71 bits per heavy atom. The maximum Gasteiger partial charge on any atom is 0.213 e. The van der Waals surface area contributed by atoms with Gasteiger partial charge < -0.3 is 4.74 Å². The number of sulfone groups is 1. The number of hydrogen-bond donors (Lipinski definition) is 0. The minimum absolute atomic E-state index is 0.0578. The van der Waals surface area contributed by atoms with Crippen LogP contribution in [0.25, 0.3) is 0 Å². The molecule has 0 spiro atoms. The van der Waals surface area contributed by atoms with Gasteiger partial charge in [-0.25, -0.2) is 29.9 Å². The van der Waals surface area contributed by atoms with E-state index in [0.717, 1.165) is 12.1 Å². The molecule has 1 aliphatic heterocycles. The number of nitrogens with zero attached hydrogens (tertiary/aromatic N) is 1. The van der Waals surface area contributed by atoms with Crippen LogP contribution in [0.2, 0.25) is 5.02 Å². The lowest BCUT2D eigenvalue weighted by Gasteiger charge is -2.51. The van der Waals surface area contributed by atoms with Gasteiger partial charge in [-0.15, -0.1) is 0 Å². The molecule has 0 bridgehead atoms. The highest BCUT2D eigenvalue weighted by Gasteiger charge is 2.61. The van der Waals surface area contributed by atoms with Gasteiger partial charge in [0.1, 0.15) is 10.6 Å². The van der Waals surface area contributed by atoms with Crippen molar-refractivity contribution in [2.24, 2.45) is 11.8 Å². The minimum atomic E-state index is -4.28. The molecule has 2 aromatic rings. The highest BCUT2D eigenvalue weighted by Crippen LogP contribution is 2.58. The zero-order valence-electron chi connectivity index (χ0n) is 19.5. The normalized spacial score (nSPS) is 24.5. The van der Waals surface area contributed by atoms with Gasteiger partial charge in [-0.05, 0) is 62.1 Å². The molecule has 1 heterocycles. The van der Waals surface area contributed by atoms with Crippen LogP contribution in [-0.4, -0.2) is 46.6 Å². The molecule has 2 aromatic carbocycles. The van der Waals surface area contributed by atoms with Crippen molar-refractivity contribution in [1.82, 2.24) is 4.31 Å². The molecule has 11 heteroatoms. The maximum absolute atomic E-state index is 15.4. The molecule has 2 aliphatic rings. The molecule has 1 saturated carbocycles. The van der Waals surface area contributed by atoms with Crippen molar-refractivity contribution in [1.29, 1.82) is 0 Å². The van der Waals surface area contributed by atoms with E-state index in [2.05, 4.69) is 0 Å². The first kappa shape index (κ1) is 26.3. The SMILES string of the molecule is CCN(C[C@@H]1CCC[C@@]2(S(=O)(=O)c3ccc(Cl)cc3)c3c(F)ccc(F)c3OC[C@@H]12)S(=O)(=O)CC. The molecular formula is C24H28ClF2NO5S2. The van der Waals surface area contributed by atoms with E-state index < -0.39 is 53.8 Å². The fourth-order valence-corrected chi connectivity index (χ4v) is 9.36. The molecule has 3 atom stereocenters. The standard InChI is InChI=1S/C24H28ClF2NO5S2/c1-3-28(34(29,30)4-2)14-16-6-5-13-24(35(31,32)18-9-7-17(25)8-10-18)19(16)15-33-23-21(27)12-11-20(26)22(23)24/h7-12,16,19H,3-6,13-15H2,1-2H3/t16-,19-,24-/m0/s1. The molecule has 192 valence electrons. The van der Waals surface area contributed by atoms with Crippen molar-refractivity contribution >= 4 is 31.5 Å². The van der Waals surface area contributed by atoms with E-state index in [9.17, 15) is 21.2 Å². The van der Waals surface area contributed by atoms with E-state index >= 15 is 4.39 Å². The molecule has 4 rings (SSSR count). The van der Waals surface area contributed by atoms with Gasteiger partial charge in [0, 0.05) is 24.0 Å². The van der Waals surface area contributed by atoms with Gasteiger partial charge in [-0.3, -0.25) is 0 Å². The molecule has 0 N–H and O–H groups in total. The summed E-state index contributed by atoms with van der Waals surface area (Å²) in [7, 11) is -7.82. The average Bonchev–Trinajstić information content (AvgIpc) is 2.84. The van der Waals surface area contributed by atoms with Crippen LogP contribution in [0, 0.1) is 23.5 Å². The summed E-state index contributed by atoms with van der Waals surface area (Å²) in [6.45, 7) is 3.39. The smallest absolute Gasteiger partial charge is 0.213 e. The van der Waals surface area contributed by atoms with Crippen LogP contribution in [0.1, 0.15) is 38.7 Å². The van der Waals surface area contributed by atoms with Crippen molar-refractivity contribution in [3.05, 3.63) is 58.6 Å². The summed E-state index contributed by atoms with van der Waals surface area (Å²) in [5.74, 6) is -3.42. The lowest BCUT2D eigenvalue weighted by atomic mass is 9.67. The van der Waals surface area contributed by atoms with Crippen LogP contribution in [0.3, 0.4) is 0 Å². The van der Waals surface area contributed by atoms with Crippen LogP contribution in [0.4, 0.5) is 8.78 Å². The monoisotopic (exact) mass is 547 g/mol. The Morgan fingerprint density at radius 1 is 1.06 bits per heavy atom. The predicted molar refractivity (Wildman–Crippen MR) is 130 cm³/mol. The van der Waals surface area contributed by atoms with Crippen molar-refractivity contribution < 1.29 is 30.4 Å². The summed E-state index contributed by atoms with van der Waals surface area (Å²) in [5.41, 5.74) is -0.310. The second-order valence-corrected chi connectivity index (χ2v) is 13.9. The van der Waals surface area contributed by atoms with Crippen LogP contribution in [0.15, 0.2) is 41.3 Å². The minimum Gasteiger partial charge on any atom is -0.490 e. The van der Waals surface area contributed by atoms with Gasteiger partial charge in [0.05, 0.1) is 22.8 Å². The number of rotatable bonds is 7. The molecule has 0 radical (unpaired) electrons. The van der Waals surface area contributed by atoms with E-state index in [0.29, 0.717) is 17.9 Å². The number of hydrogen-bond acceptors (Lipinski definition) is 5. The first-order valence-electron chi connectivity index (χ1n) is 11.6. The van der Waals surface area contributed by atoms with Gasteiger partial charge in [0.15, 0.2) is 21.4 Å². The number of benzene rings is 2. The highest BCUT2D eigenvalue weighted by molar-refractivity contribution is 7.92. The van der Waals surface area contributed by atoms with Crippen LogP contribution in [0.5, 0.6) is 5.75 Å². The molecule has 0 amide bonds. The summed E-state index contributed by atoms with van der Waals surface area (Å²) in [6.07, 6.45) is 0.990. The summed E-state index contributed by atoms with van der Waals surface area (Å²) >= 11 is 5.98. The quantitative estimate of drug-likeness (QED) is 0.499. The summed E-state index contributed by atoms with van der Waals surface area (Å²) in [6, 6.07) is 7.44. The van der Waals surface area contributed by atoms with Crippen molar-refractivity contribution in [3.8, 4) is 5.75 Å². The van der Waals surface area contributed by atoms with Gasteiger partial charge >= 0.3 is 0 Å². The first-order chi connectivity index (χ1) is 16.5. The lowest BCUT2D eigenvalue weighted by molar-refractivity contribution is 0.0660. The third-order valence-corrected chi connectivity index (χ3v) is 12.1. The molecule has 1 fully saturated rings. The third-order valence-electron chi connectivity index (χ3n) is 7.33. The predicted octanol–water partition coefficient (Wildman–Crippen LogP) is 4.77. The van der Waals surface area contributed by atoms with E-state index in [1.807, 2.05) is 0 Å². The largest absolute Gasteiger partial charge is 0.490 e. The average molecular weight is 548 g/mol. The Morgan fingerprint density at radius 3 is 2.34 bits per heavy atom. The molecule has 0 saturated heterocycles. The van der Waals surface area contributed by atoms with Crippen LogP contribution >= 0.6 is 11.6 Å². The summed E-state index contributed by atoms with van der Waals surface area (Å²) in [5, 5.41) is 0.340. The highest BCUT2D eigenvalue weighted by atomic mass is 35.5. The molecule has 35 heavy (non-hydrogen) atoms.